The van der Waals surface area contributed by atoms with E-state index in [-0.39, 0.29) is 11.4 Å². The molecule has 0 unspecified atom stereocenters. The molecule has 9 nitrogen and oxygen atoms in total. The molecule has 200 valence electrons. The fraction of sp³-hybridized carbons (Fsp3) is 0.0312. The Hall–Kier alpha value is -5.83. The summed E-state index contributed by atoms with van der Waals surface area (Å²) in [5.41, 5.74) is 6.11. The van der Waals surface area contributed by atoms with Crippen molar-refractivity contribution >= 4 is 39.5 Å². The maximum Gasteiger partial charge on any atom is 0.269 e. The molecule has 0 fully saturated rings. The van der Waals surface area contributed by atoms with Crippen molar-refractivity contribution in [1.29, 1.82) is 0 Å². The standard InChI is InChI=1S/C32H23N5O4/c38-36(39)28-18-14-26(15-19-28)35(27-16-20-29(21-17-27)37(40)41)25-12-10-24(11-13-25)32-33-30-8-4-5-9-31(30)34(32)22-23-6-2-1-3-7-23/h1-21H,22H2. The van der Waals surface area contributed by atoms with Gasteiger partial charge in [-0.2, -0.15) is 0 Å². The summed E-state index contributed by atoms with van der Waals surface area (Å²) in [4.78, 5) is 28.4. The second-order valence-electron chi connectivity index (χ2n) is 9.43. The van der Waals surface area contributed by atoms with Crippen LogP contribution < -0.4 is 4.90 Å². The lowest BCUT2D eigenvalue weighted by molar-refractivity contribution is -0.385. The minimum absolute atomic E-state index is 0.0231. The number of fused-ring (bicyclic) bond motifs is 1. The molecule has 0 spiro atoms. The second kappa shape index (κ2) is 10.7. The van der Waals surface area contributed by atoms with Gasteiger partial charge in [-0.05, 0) is 66.2 Å². The predicted molar refractivity (Wildman–Crippen MR) is 159 cm³/mol. The van der Waals surface area contributed by atoms with Crippen molar-refractivity contribution in [1.82, 2.24) is 9.55 Å². The summed E-state index contributed by atoms with van der Waals surface area (Å²) in [6.45, 7) is 0.663. The van der Waals surface area contributed by atoms with Gasteiger partial charge in [-0.3, -0.25) is 20.2 Å². The van der Waals surface area contributed by atoms with E-state index in [4.69, 9.17) is 4.98 Å². The van der Waals surface area contributed by atoms with Crippen molar-refractivity contribution in [2.75, 3.05) is 4.90 Å². The number of rotatable bonds is 8. The van der Waals surface area contributed by atoms with Gasteiger partial charge >= 0.3 is 0 Å². The van der Waals surface area contributed by atoms with Crippen LogP contribution in [0.15, 0.2) is 127 Å². The molecule has 1 aromatic heterocycles. The summed E-state index contributed by atoms with van der Waals surface area (Å²) in [6.07, 6.45) is 0. The molecule has 0 N–H and O–H groups in total. The van der Waals surface area contributed by atoms with Crippen LogP contribution in [0.3, 0.4) is 0 Å². The molecule has 0 aliphatic carbocycles. The van der Waals surface area contributed by atoms with E-state index in [0.717, 1.165) is 33.7 Å². The van der Waals surface area contributed by atoms with Gasteiger partial charge in [0.2, 0.25) is 0 Å². The van der Waals surface area contributed by atoms with Gasteiger partial charge in [0.05, 0.1) is 20.9 Å². The Morgan fingerprint density at radius 1 is 0.610 bits per heavy atom. The average Bonchev–Trinajstić information content (AvgIpc) is 3.37. The largest absolute Gasteiger partial charge is 0.319 e. The average molecular weight is 542 g/mol. The second-order valence-corrected chi connectivity index (χ2v) is 9.43. The van der Waals surface area contributed by atoms with E-state index in [1.165, 1.54) is 24.3 Å². The lowest BCUT2D eigenvalue weighted by Crippen LogP contribution is -2.10. The van der Waals surface area contributed by atoms with E-state index in [9.17, 15) is 20.2 Å². The molecule has 0 saturated heterocycles. The van der Waals surface area contributed by atoms with Crippen LogP contribution in [0, 0.1) is 20.2 Å². The van der Waals surface area contributed by atoms with Gasteiger partial charge in [-0.25, -0.2) is 4.98 Å². The van der Waals surface area contributed by atoms with Crippen molar-refractivity contribution in [3.8, 4) is 11.4 Å². The maximum atomic E-state index is 11.2. The molecule has 0 amide bonds. The van der Waals surface area contributed by atoms with E-state index in [2.05, 4.69) is 22.8 Å². The summed E-state index contributed by atoms with van der Waals surface area (Å²) in [7, 11) is 0. The van der Waals surface area contributed by atoms with Crippen LogP contribution in [-0.4, -0.2) is 19.4 Å². The number of aromatic nitrogens is 2. The third-order valence-electron chi connectivity index (χ3n) is 6.86. The van der Waals surface area contributed by atoms with Gasteiger partial charge in [-0.15, -0.1) is 0 Å². The molecule has 6 rings (SSSR count). The molecule has 0 aliphatic rings. The lowest BCUT2D eigenvalue weighted by Gasteiger charge is -2.25. The number of nitro groups is 2. The number of nitrogens with zero attached hydrogens (tertiary/aromatic N) is 5. The third-order valence-corrected chi connectivity index (χ3v) is 6.86. The Balaban J connectivity index is 1.42. The van der Waals surface area contributed by atoms with Gasteiger partial charge in [0, 0.05) is 53.4 Å². The molecule has 0 saturated carbocycles. The zero-order chi connectivity index (χ0) is 28.3. The van der Waals surface area contributed by atoms with Crippen LogP contribution in [0.4, 0.5) is 28.4 Å². The van der Waals surface area contributed by atoms with Crippen molar-refractivity contribution in [2.24, 2.45) is 0 Å². The molecule has 41 heavy (non-hydrogen) atoms. The quantitative estimate of drug-likeness (QED) is 0.143. The minimum Gasteiger partial charge on any atom is -0.319 e. The van der Waals surface area contributed by atoms with Crippen molar-refractivity contribution in [3.63, 3.8) is 0 Å². The smallest absolute Gasteiger partial charge is 0.269 e. The van der Waals surface area contributed by atoms with Gasteiger partial charge < -0.3 is 9.47 Å². The van der Waals surface area contributed by atoms with E-state index in [1.807, 2.05) is 65.6 Å². The highest BCUT2D eigenvalue weighted by molar-refractivity contribution is 5.82. The number of imidazole rings is 1. The Bertz CT molecular complexity index is 1790. The number of non-ortho nitro benzene ring substituents is 2. The Morgan fingerprint density at radius 3 is 1.63 bits per heavy atom. The number of hydrogen-bond acceptors (Lipinski definition) is 6. The van der Waals surface area contributed by atoms with E-state index >= 15 is 0 Å². The molecule has 0 radical (unpaired) electrons. The van der Waals surface area contributed by atoms with Gasteiger partial charge in [0.1, 0.15) is 5.82 Å². The molecule has 1 heterocycles. The lowest BCUT2D eigenvalue weighted by atomic mass is 10.1. The number of anilines is 3. The van der Waals surface area contributed by atoms with Crippen LogP contribution in [0.1, 0.15) is 5.56 Å². The molecular formula is C32H23N5O4. The summed E-state index contributed by atoms with van der Waals surface area (Å²) < 4.78 is 2.20. The minimum atomic E-state index is -0.448. The van der Waals surface area contributed by atoms with Crippen LogP contribution in [-0.2, 0) is 6.54 Å². The molecule has 5 aromatic carbocycles. The van der Waals surface area contributed by atoms with E-state index < -0.39 is 9.85 Å². The first kappa shape index (κ1) is 25.4. The third kappa shape index (κ3) is 5.11. The first-order valence-corrected chi connectivity index (χ1v) is 12.9. The van der Waals surface area contributed by atoms with Crippen LogP contribution in [0.5, 0.6) is 0 Å². The van der Waals surface area contributed by atoms with Gasteiger partial charge in [-0.1, -0.05) is 42.5 Å². The highest BCUT2D eigenvalue weighted by Crippen LogP contribution is 2.37. The Labute approximate surface area is 234 Å². The van der Waals surface area contributed by atoms with Crippen molar-refractivity contribution < 1.29 is 9.85 Å². The fourth-order valence-corrected chi connectivity index (χ4v) is 4.88. The normalized spacial score (nSPS) is 10.9. The topological polar surface area (TPSA) is 107 Å². The highest BCUT2D eigenvalue weighted by atomic mass is 16.6. The van der Waals surface area contributed by atoms with E-state index in [1.54, 1.807) is 24.3 Å². The summed E-state index contributed by atoms with van der Waals surface area (Å²) >= 11 is 0. The first-order valence-electron chi connectivity index (χ1n) is 12.9. The highest BCUT2D eigenvalue weighted by Gasteiger charge is 2.18. The first-order chi connectivity index (χ1) is 20.0. The predicted octanol–water partition coefficient (Wildman–Crippen LogP) is 8.04. The number of hydrogen-bond donors (Lipinski definition) is 0. The number of benzene rings is 5. The zero-order valence-electron chi connectivity index (χ0n) is 21.7. The molecule has 6 aromatic rings. The van der Waals surface area contributed by atoms with Gasteiger partial charge in [0.15, 0.2) is 0 Å². The van der Waals surface area contributed by atoms with Crippen LogP contribution in [0.25, 0.3) is 22.4 Å². The molecule has 9 heteroatoms. The number of para-hydroxylation sites is 2. The SMILES string of the molecule is O=[N+]([O-])c1ccc(N(c2ccc(-c3nc4ccccc4n3Cc3ccccc3)cc2)c2ccc([N+](=O)[O-])cc2)cc1. The zero-order valence-corrected chi connectivity index (χ0v) is 21.7. The maximum absolute atomic E-state index is 11.2. The molecule has 0 aliphatic heterocycles. The van der Waals surface area contributed by atoms with Gasteiger partial charge in [0.25, 0.3) is 11.4 Å². The van der Waals surface area contributed by atoms with Crippen molar-refractivity contribution in [3.05, 3.63) is 153 Å². The summed E-state index contributed by atoms with van der Waals surface area (Å²) in [5.74, 6) is 0.832. The summed E-state index contributed by atoms with van der Waals surface area (Å²) in [5, 5.41) is 22.4. The van der Waals surface area contributed by atoms with Crippen LogP contribution >= 0.6 is 0 Å². The number of nitro benzene ring substituents is 2. The monoisotopic (exact) mass is 541 g/mol. The van der Waals surface area contributed by atoms with E-state index in [0.29, 0.717) is 17.9 Å². The van der Waals surface area contributed by atoms with Crippen LogP contribution in [0.2, 0.25) is 0 Å². The molecule has 0 bridgehead atoms. The van der Waals surface area contributed by atoms with Crippen molar-refractivity contribution in [2.45, 2.75) is 6.54 Å². The summed E-state index contributed by atoms with van der Waals surface area (Å²) in [6, 6.07) is 38.5. The Kier molecular flexibility index (Phi) is 6.67. The molecular weight excluding hydrogens is 518 g/mol. The Morgan fingerprint density at radius 2 is 1.10 bits per heavy atom. The fourth-order valence-electron chi connectivity index (χ4n) is 4.88. The molecule has 0 atom stereocenters.